The Morgan fingerprint density at radius 1 is 1.12 bits per heavy atom. The van der Waals surface area contributed by atoms with Gasteiger partial charge in [-0.2, -0.15) is 13.2 Å². The van der Waals surface area contributed by atoms with Gasteiger partial charge in [0.1, 0.15) is 6.61 Å². The minimum Gasteiger partial charge on any atom is -0.456 e. The highest BCUT2D eigenvalue weighted by Crippen LogP contribution is 2.33. The minimum absolute atomic E-state index is 0.0639. The summed E-state index contributed by atoms with van der Waals surface area (Å²) in [5, 5.41) is 2.99. The number of hydrogen-bond donors (Lipinski definition) is 1. The van der Waals surface area contributed by atoms with Gasteiger partial charge in [-0.1, -0.05) is 29.8 Å². The molecule has 0 atom stereocenters. The molecule has 10 heteroatoms. The number of esters is 1. The van der Waals surface area contributed by atoms with Crippen LogP contribution in [0.25, 0.3) is 10.9 Å². The summed E-state index contributed by atoms with van der Waals surface area (Å²) in [6.07, 6.45) is -2.19. The van der Waals surface area contributed by atoms with Gasteiger partial charge in [0.25, 0.3) is 11.7 Å². The Morgan fingerprint density at radius 2 is 1.84 bits per heavy atom. The lowest BCUT2D eigenvalue weighted by Crippen LogP contribution is -2.31. The van der Waals surface area contributed by atoms with Crippen LogP contribution in [0, 0.1) is 0 Å². The molecule has 6 nitrogen and oxygen atoms in total. The number of rotatable bonds is 5. The van der Waals surface area contributed by atoms with E-state index in [0.29, 0.717) is 5.02 Å². The first-order valence-electron chi connectivity index (χ1n) is 9.29. The van der Waals surface area contributed by atoms with Gasteiger partial charge < -0.3 is 14.6 Å². The quantitative estimate of drug-likeness (QED) is 0.352. The molecule has 0 bridgehead atoms. The predicted molar refractivity (Wildman–Crippen MR) is 109 cm³/mol. The normalized spacial score (nSPS) is 13.8. The zero-order valence-electron chi connectivity index (χ0n) is 16.2. The second-order valence-corrected chi connectivity index (χ2v) is 7.52. The highest BCUT2D eigenvalue weighted by atomic mass is 35.5. The van der Waals surface area contributed by atoms with Crippen molar-refractivity contribution >= 4 is 40.2 Å². The van der Waals surface area contributed by atoms with Crippen molar-refractivity contribution in [2.45, 2.75) is 12.7 Å². The maximum Gasteiger partial charge on any atom is 0.416 e. The van der Waals surface area contributed by atoms with E-state index >= 15 is 0 Å². The number of alkyl halides is 3. The molecule has 0 saturated heterocycles. The van der Waals surface area contributed by atoms with Crippen LogP contribution in [0.2, 0.25) is 5.02 Å². The molecule has 164 valence electrons. The first-order chi connectivity index (χ1) is 15.1. The molecule has 0 fully saturated rings. The van der Waals surface area contributed by atoms with Crippen LogP contribution >= 0.6 is 11.6 Å². The molecule has 0 saturated carbocycles. The molecule has 32 heavy (non-hydrogen) atoms. The van der Waals surface area contributed by atoms with Gasteiger partial charge >= 0.3 is 12.1 Å². The van der Waals surface area contributed by atoms with E-state index in [1.165, 1.54) is 16.8 Å². The summed E-state index contributed by atoms with van der Waals surface area (Å²) < 4.78 is 45.9. The van der Waals surface area contributed by atoms with Crippen molar-refractivity contribution in [2.75, 3.05) is 6.61 Å². The van der Waals surface area contributed by atoms with E-state index in [4.69, 9.17) is 11.6 Å². The number of benzene rings is 2. The summed E-state index contributed by atoms with van der Waals surface area (Å²) in [6, 6.07) is 9.66. The predicted octanol–water partition coefficient (Wildman–Crippen LogP) is 4.10. The van der Waals surface area contributed by atoms with Crippen LogP contribution in [0.4, 0.5) is 13.2 Å². The van der Waals surface area contributed by atoms with E-state index < -0.39 is 29.4 Å². The molecular weight excluding hydrogens is 449 g/mol. The largest absolute Gasteiger partial charge is 0.456 e. The maximum absolute atomic E-state index is 13.3. The van der Waals surface area contributed by atoms with Crippen LogP contribution in [-0.2, 0) is 27.0 Å². The second kappa shape index (κ2) is 8.16. The average Bonchev–Trinajstić information content (AvgIpc) is 3.31. The van der Waals surface area contributed by atoms with Gasteiger partial charge in [-0.15, -0.1) is 0 Å². The van der Waals surface area contributed by atoms with Gasteiger partial charge in [-0.3, -0.25) is 9.59 Å². The van der Waals surface area contributed by atoms with E-state index in [9.17, 15) is 27.6 Å². The number of nitrogens with zero attached hydrogens (tertiary/aromatic N) is 1. The molecule has 0 unspecified atom stereocenters. The number of carbonyl (C=O) groups excluding carboxylic acids is 3. The number of halogens is 4. The lowest BCUT2D eigenvalue weighted by atomic mass is 10.1. The van der Waals surface area contributed by atoms with Gasteiger partial charge in [-0.05, 0) is 29.8 Å². The van der Waals surface area contributed by atoms with Crippen molar-refractivity contribution in [3.05, 3.63) is 82.1 Å². The molecule has 0 spiro atoms. The summed E-state index contributed by atoms with van der Waals surface area (Å²) in [4.78, 5) is 36.3. The van der Waals surface area contributed by atoms with E-state index in [1.807, 2.05) is 0 Å². The number of carbonyl (C=O) groups is 3. The molecule has 1 aliphatic heterocycles. The van der Waals surface area contributed by atoms with Crippen LogP contribution in [-0.4, -0.2) is 28.8 Å². The zero-order chi connectivity index (χ0) is 23.0. The third-order valence-corrected chi connectivity index (χ3v) is 5.11. The molecule has 0 radical (unpaired) electrons. The molecule has 4 rings (SSSR count). The van der Waals surface area contributed by atoms with Crippen molar-refractivity contribution in [1.29, 1.82) is 0 Å². The molecule has 2 heterocycles. The summed E-state index contributed by atoms with van der Waals surface area (Å²) in [6.45, 7) is -0.0253. The highest BCUT2D eigenvalue weighted by molar-refractivity contribution is 6.45. The number of ketones is 1. The summed E-state index contributed by atoms with van der Waals surface area (Å²) >= 11 is 5.88. The van der Waals surface area contributed by atoms with Crippen LogP contribution in [0.1, 0.15) is 21.5 Å². The molecule has 2 aromatic carbocycles. The lowest BCUT2D eigenvalue weighted by Gasteiger charge is -2.09. The zero-order valence-corrected chi connectivity index (χ0v) is 17.0. The monoisotopic (exact) mass is 462 g/mol. The lowest BCUT2D eigenvalue weighted by molar-refractivity contribution is -0.137. The fourth-order valence-corrected chi connectivity index (χ4v) is 3.46. The Bertz CT molecular complexity index is 1280. The van der Waals surface area contributed by atoms with Gasteiger partial charge in [-0.25, -0.2) is 4.79 Å². The summed E-state index contributed by atoms with van der Waals surface area (Å²) in [5.74, 6) is -2.63. The molecule has 1 N–H and O–H groups in total. The van der Waals surface area contributed by atoms with Crippen LogP contribution in [0.15, 0.2) is 60.4 Å². The number of cyclic esters (lactones) is 1. The minimum atomic E-state index is -4.58. The van der Waals surface area contributed by atoms with E-state index in [2.05, 4.69) is 10.1 Å². The van der Waals surface area contributed by atoms with Gasteiger partial charge in [0, 0.05) is 34.7 Å². The van der Waals surface area contributed by atoms with Crippen molar-refractivity contribution < 1.29 is 32.3 Å². The number of hydrogen-bond acceptors (Lipinski definition) is 4. The van der Waals surface area contributed by atoms with Gasteiger partial charge in [0.05, 0.1) is 16.8 Å². The first kappa shape index (κ1) is 21.6. The topological polar surface area (TPSA) is 77.4 Å². The van der Waals surface area contributed by atoms with Crippen LogP contribution in [0.3, 0.4) is 0 Å². The number of amides is 1. The molecule has 1 aliphatic rings. The highest BCUT2D eigenvalue weighted by Gasteiger charge is 2.32. The molecule has 3 aromatic rings. The average molecular weight is 463 g/mol. The van der Waals surface area contributed by atoms with Gasteiger partial charge in [0.2, 0.25) is 0 Å². The van der Waals surface area contributed by atoms with Crippen molar-refractivity contribution in [3.8, 4) is 0 Å². The first-order valence-corrected chi connectivity index (χ1v) is 9.67. The Kier molecular flexibility index (Phi) is 5.52. The second-order valence-electron chi connectivity index (χ2n) is 7.09. The number of fused-ring (bicyclic) bond motifs is 1. The van der Waals surface area contributed by atoms with Crippen molar-refractivity contribution in [1.82, 2.24) is 9.88 Å². The number of ether oxygens (including phenoxy) is 1. The molecule has 0 aliphatic carbocycles. The van der Waals surface area contributed by atoms with E-state index in [-0.39, 0.29) is 35.3 Å². The van der Waals surface area contributed by atoms with E-state index in [1.54, 1.807) is 24.3 Å². The Balaban J connectivity index is 1.74. The fraction of sp³-hybridized carbons (Fsp3) is 0.136. The van der Waals surface area contributed by atoms with Crippen molar-refractivity contribution in [3.63, 3.8) is 0 Å². The molecule has 1 amide bonds. The number of nitrogens with one attached hydrogen (secondary N) is 1. The number of Topliss-reactive ketones (excluding diaryl/α,β-unsaturated/α-hetero) is 1. The van der Waals surface area contributed by atoms with Crippen LogP contribution < -0.4 is 5.32 Å². The number of aromatic nitrogens is 1. The molecular formula is C22H14ClF3N2O4. The van der Waals surface area contributed by atoms with Crippen molar-refractivity contribution in [2.24, 2.45) is 0 Å². The standard InChI is InChI=1S/C22H14ClF3N2O4/c23-14-4-1-12(2-5-14)9-28-10-17(16-6-3-13(7-18(16)28)22(24,25)26)20(30)21(31)27-15-8-19(29)32-11-15/h1-8,10H,9,11H2,(H,27,31). The Morgan fingerprint density at radius 3 is 2.47 bits per heavy atom. The fourth-order valence-electron chi connectivity index (χ4n) is 3.34. The third-order valence-electron chi connectivity index (χ3n) is 4.86. The SMILES string of the molecule is O=C1C=C(NC(=O)C(=O)c2cn(Cc3ccc(Cl)cc3)c3cc(C(F)(F)F)ccc23)CO1. The molecule has 1 aromatic heterocycles. The smallest absolute Gasteiger partial charge is 0.416 e. The van der Waals surface area contributed by atoms with E-state index in [0.717, 1.165) is 23.8 Å². The Labute approximate surface area is 184 Å². The maximum atomic E-state index is 13.3. The summed E-state index contributed by atoms with van der Waals surface area (Å²) in [7, 11) is 0. The van der Waals surface area contributed by atoms with Crippen LogP contribution in [0.5, 0.6) is 0 Å². The third kappa shape index (κ3) is 4.38. The Hall–Kier alpha value is -3.59. The van der Waals surface area contributed by atoms with Gasteiger partial charge in [0.15, 0.2) is 0 Å². The summed E-state index contributed by atoms with van der Waals surface area (Å²) in [5.41, 5.74) is 0.0581.